The standard InChI is InChI=1S/C10H20N2O2.ClH/c1-9(2,3)12(8(13)14)7-10(4)5-11-6-10;/h11H,5-7H2,1-4H3,(H,13,14);1H. The SMILES string of the molecule is CC1(CN(C(=O)O)C(C)(C)C)CNC1.Cl. The summed E-state index contributed by atoms with van der Waals surface area (Å²) in [5.41, 5.74) is -0.198. The van der Waals surface area contributed by atoms with E-state index in [9.17, 15) is 4.79 Å². The zero-order chi connectivity index (χ0) is 11.0. The summed E-state index contributed by atoms with van der Waals surface area (Å²) in [6.07, 6.45) is -0.828. The predicted molar refractivity (Wildman–Crippen MR) is 62.7 cm³/mol. The number of rotatable bonds is 2. The van der Waals surface area contributed by atoms with Crippen molar-refractivity contribution >= 4 is 18.5 Å². The minimum absolute atomic E-state index is 0. The molecule has 0 bridgehead atoms. The number of nitrogens with one attached hydrogen (secondary N) is 1. The highest BCUT2D eigenvalue weighted by Crippen LogP contribution is 2.26. The molecule has 0 radical (unpaired) electrons. The van der Waals surface area contributed by atoms with Gasteiger partial charge in [0.05, 0.1) is 0 Å². The zero-order valence-electron chi connectivity index (χ0n) is 9.83. The molecule has 1 heterocycles. The summed E-state index contributed by atoms with van der Waals surface area (Å²) in [7, 11) is 0. The topological polar surface area (TPSA) is 52.6 Å². The lowest BCUT2D eigenvalue weighted by Gasteiger charge is -2.45. The molecule has 0 aliphatic carbocycles. The summed E-state index contributed by atoms with van der Waals surface area (Å²) >= 11 is 0. The van der Waals surface area contributed by atoms with E-state index in [-0.39, 0.29) is 23.4 Å². The van der Waals surface area contributed by atoms with Crippen molar-refractivity contribution in [1.82, 2.24) is 10.2 Å². The Morgan fingerprint density at radius 1 is 1.47 bits per heavy atom. The first-order valence-corrected chi connectivity index (χ1v) is 4.96. The van der Waals surface area contributed by atoms with E-state index in [1.54, 1.807) is 0 Å². The summed E-state index contributed by atoms with van der Waals surface area (Å²) in [4.78, 5) is 12.6. The summed E-state index contributed by atoms with van der Waals surface area (Å²) in [5.74, 6) is 0. The summed E-state index contributed by atoms with van der Waals surface area (Å²) in [6.45, 7) is 10.3. The van der Waals surface area contributed by atoms with Crippen LogP contribution in [0.4, 0.5) is 4.79 Å². The molecule has 1 amide bonds. The molecule has 2 N–H and O–H groups in total. The van der Waals surface area contributed by atoms with Crippen LogP contribution in [-0.2, 0) is 0 Å². The fourth-order valence-corrected chi connectivity index (χ4v) is 1.64. The fraction of sp³-hybridized carbons (Fsp3) is 0.900. The second-order valence-corrected chi connectivity index (χ2v) is 5.45. The van der Waals surface area contributed by atoms with E-state index in [4.69, 9.17) is 5.11 Å². The lowest BCUT2D eigenvalue weighted by Crippen LogP contribution is -2.60. The molecule has 1 aliphatic heterocycles. The van der Waals surface area contributed by atoms with Gasteiger partial charge in [-0.05, 0) is 20.8 Å². The summed E-state index contributed by atoms with van der Waals surface area (Å²) in [5, 5.41) is 12.3. The van der Waals surface area contributed by atoms with Gasteiger partial charge >= 0.3 is 6.09 Å². The van der Waals surface area contributed by atoms with E-state index in [0.717, 1.165) is 13.1 Å². The third kappa shape index (κ3) is 3.54. The van der Waals surface area contributed by atoms with Crippen molar-refractivity contribution in [2.24, 2.45) is 5.41 Å². The van der Waals surface area contributed by atoms with E-state index >= 15 is 0 Å². The van der Waals surface area contributed by atoms with Crippen LogP contribution in [0.1, 0.15) is 27.7 Å². The number of carboxylic acid groups (broad SMARTS) is 1. The van der Waals surface area contributed by atoms with Crippen LogP contribution in [-0.4, -0.2) is 41.3 Å². The van der Waals surface area contributed by atoms with Gasteiger partial charge < -0.3 is 15.3 Å². The normalized spacial score (nSPS) is 18.7. The molecule has 0 saturated carbocycles. The number of halogens is 1. The Bertz CT molecular complexity index is 234. The van der Waals surface area contributed by atoms with E-state index in [0.29, 0.717) is 6.54 Å². The molecule has 0 aromatic rings. The van der Waals surface area contributed by atoms with Crippen LogP contribution < -0.4 is 5.32 Å². The van der Waals surface area contributed by atoms with E-state index in [1.165, 1.54) is 4.90 Å². The molecule has 4 nitrogen and oxygen atoms in total. The van der Waals surface area contributed by atoms with Crippen LogP contribution in [0.3, 0.4) is 0 Å². The number of amides is 1. The van der Waals surface area contributed by atoms with Gasteiger partial charge in [0.1, 0.15) is 0 Å². The average Bonchev–Trinajstić information content (AvgIpc) is 1.93. The quantitative estimate of drug-likeness (QED) is 0.769. The fourth-order valence-electron chi connectivity index (χ4n) is 1.64. The van der Waals surface area contributed by atoms with E-state index in [2.05, 4.69) is 12.2 Å². The van der Waals surface area contributed by atoms with E-state index < -0.39 is 6.09 Å². The van der Waals surface area contributed by atoms with Crippen LogP contribution in [0.5, 0.6) is 0 Å². The van der Waals surface area contributed by atoms with Crippen LogP contribution in [0.2, 0.25) is 0 Å². The second-order valence-electron chi connectivity index (χ2n) is 5.45. The molecule has 1 saturated heterocycles. The predicted octanol–water partition coefficient (Wildman–Crippen LogP) is 1.80. The van der Waals surface area contributed by atoms with Crippen LogP contribution in [0.15, 0.2) is 0 Å². The summed E-state index contributed by atoms with van der Waals surface area (Å²) in [6, 6.07) is 0. The first-order valence-electron chi connectivity index (χ1n) is 4.96. The van der Waals surface area contributed by atoms with Crippen molar-refractivity contribution in [2.45, 2.75) is 33.2 Å². The highest BCUT2D eigenvalue weighted by molar-refractivity contribution is 5.85. The van der Waals surface area contributed by atoms with Crippen LogP contribution in [0.25, 0.3) is 0 Å². The Balaban J connectivity index is 0.00000196. The number of hydrogen-bond acceptors (Lipinski definition) is 2. The monoisotopic (exact) mass is 236 g/mol. The van der Waals surface area contributed by atoms with Crippen molar-refractivity contribution in [3.05, 3.63) is 0 Å². The molecule has 1 aliphatic rings. The van der Waals surface area contributed by atoms with Gasteiger partial charge in [0.25, 0.3) is 0 Å². The zero-order valence-corrected chi connectivity index (χ0v) is 10.6. The average molecular weight is 237 g/mol. The van der Waals surface area contributed by atoms with Gasteiger partial charge in [-0.15, -0.1) is 12.4 Å². The molecule has 15 heavy (non-hydrogen) atoms. The Labute approximate surface area is 97.4 Å². The molecule has 0 aromatic carbocycles. The van der Waals surface area contributed by atoms with Crippen molar-refractivity contribution in [3.8, 4) is 0 Å². The van der Waals surface area contributed by atoms with Gasteiger partial charge in [-0.1, -0.05) is 6.92 Å². The molecular weight excluding hydrogens is 216 g/mol. The van der Waals surface area contributed by atoms with Crippen molar-refractivity contribution in [3.63, 3.8) is 0 Å². The van der Waals surface area contributed by atoms with Crippen LogP contribution >= 0.6 is 12.4 Å². The molecule has 0 spiro atoms. The Hall–Kier alpha value is -0.480. The van der Waals surface area contributed by atoms with Gasteiger partial charge in [0.15, 0.2) is 0 Å². The number of carbonyl (C=O) groups is 1. The third-order valence-corrected chi connectivity index (χ3v) is 2.68. The molecule has 0 unspecified atom stereocenters. The smallest absolute Gasteiger partial charge is 0.407 e. The number of nitrogens with zero attached hydrogens (tertiary/aromatic N) is 1. The first-order chi connectivity index (χ1) is 6.25. The third-order valence-electron chi connectivity index (χ3n) is 2.68. The first kappa shape index (κ1) is 14.5. The minimum Gasteiger partial charge on any atom is -0.465 e. The Morgan fingerprint density at radius 2 is 1.93 bits per heavy atom. The van der Waals surface area contributed by atoms with Gasteiger partial charge in [-0.2, -0.15) is 0 Å². The molecule has 0 aromatic heterocycles. The van der Waals surface area contributed by atoms with Gasteiger partial charge in [-0.25, -0.2) is 4.79 Å². The molecular formula is C10H21ClN2O2. The molecule has 5 heteroatoms. The van der Waals surface area contributed by atoms with Crippen molar-refractivity contribution in [2.75, 3.05) is 19.6 Å². The van der Waals surface area contributed by atoms with Gasteiger partial charge in [-0.3, -0.25) is 0 Å². The van der Waals surface area contributed by atoms with Crippen molar-refractivity contribution in [1.29, 1.82) is 0 Å². The second kappa shape index (κ2) is 4.58. The van der Waals surface area contributed by atoms with Gasteiger partial charge in [0, 0.05) is 30.6 Å². The minimum atomic E-state index is -0.828. The van der Waals surface area contributed by atoms with E-state index in [1.807, 2.05) is 20.8 Å². The molecule has 90 valence electrons. The molecule has 1 rings (SSSR count). The maximum absolute atomic E-state index is 11.1. The Morgan fingerprint density at radius 3 is 2.13 bits per heavy atom. The van der Waals surface area contributed by atoms with Gasteiger partial charge in [0.2, 0.25) is 0 Å². The molecule has 1 fully saturated rings. The maximum Gasteiger partial charge on any atom is 0.407 e. The van der Waals surface area contributed by atoms with Crippen molar-refractivity contribution < 1.29 is 9.90 Å². The highest BCUT2D eigenvalue weighted by atomic mass is 35.5. The Kier molecular flexibility index (Phi) is 4.43. The lowest BCUT2D eigenvalue weighted by molar-refractivity contribution is 0.0484. The number of hydrogen-bond donors (Lipinski definition) is 2. The maximum atomic E-state index is 11.1. The molecule has 0 atom stereocenters. The highest BCUT2D eigenvalue weighted by Gasteiger charge is 2.38. The lowest BCUT2D eigenvalue weighted by atomic mass is 9.82. The largest absolute Gasteiger partial charge is 0.465 e. The summed E-state index contributed by atoms with van der Waals surface area (Å²) < 4.78 is 0. The van der Waals surface area contributed by atoms with Crippen LogP contribution in [0, 0.1) is 5.41 Å².